The Bertz CT molecular complexity index is 1120. The van der Waals surface area contributed by atoms with Gasteiger partial charge in [-0.1, -0.05) is 71.7 Å². The zero-order chi connectivity index (χ0) is 20.4. The van der Waals surface area contributed by atoms with Crippen LogP contribution in [0.3, 0.4) is 0 Å². The molecule has 146 valence electrons. The van der Waals surface area contributed by atoms with Gasteiger partial charge in [0.2, 0.25) is 0 Å². The summed E-state index contributed by atoms with van der Waals surface area (Å²) < 4.78 is 42.7. The van der Waals surface area contributed by atoms with Gasteiger partial charge in [-0.2, -0.15) is 0 Å². The highest BCUT2D eigenvalue weighted by Gasteiger charge is 2.32. The number of aldehydes is 1. The Morgan fingerprint density at radius 3 is 2.38 bits per heavy atom. The second-order valence-electron chi connectivity index (χ2n) is 6.62. The molecule has 4 nitrogen and oxygen atoms in total. The molecule has 0 saturated heterocycles. The van der Waals surface area contributed by atoms with E-state index in [9.17, 15) is 17.9 Å². The number of hydrogen-bond donors (Lipinski definition) is 0. The molecule has 0 aliphatic carbocycles. The van der Waals surface area contributed by atoms with Gasteiger partial charge in [0.15, 0.2) is 0 Å². The van der Waals surface area contributed by atoms with Gasteiger partial charge in [-0.15, -0.1) is 0 Å². The highest BCUT2D eigenvalue weighted by Crippen LogP contribution is 2.46. The predicted octanol–water partition coefficient (Wildman–Crippen LogP) is 4.45. The van der Waals surface area contributed by atoms with Crippen LogP contribution < -0.4 is 4.74 Å². The highest BCUT2D eigenvalue weighted by atomic mass is 32.2. The third-order valence-electron chi connectivity index (χ3n) is 4.82. The van der Waals surface area contributed by atoms with Crippen LogP contribution in [-0.2, 0) is 21.6 Å². The number of hydrogen-bond acceptors (Lipinski definition) is 4. The Hall–Kier alpha value is -3.09. The van der Waals surface area contributed by atoms with Crippen LogP contribution in [0.15, 0.2) is 72.8 Å². The molecule has 4 rings (SSSR count). The van der Waals surface area contributed by atoms with E-state index in [1.807, 2.05) is 0 Å². The summed E-state index contributed by atoms with van der Waals surface area (Å²) in [5.41, 5.74) is 2.65. The van der Waals surface area contributed by atoms with Crippen LogP contribution in [0.4, 0.5) is 4.39 Å². The van der Waals surface area contributed by atoms with Crippen molar-refractivity contribution in [1.29, 1.82) is 0 Å². The van der Waals surface area contributed by atoms with E-state index in [4.69, 9.17) is 4.74 Å². The minimum Gasteiger partial charge on any atom is -0.772 e. The molecule has 0 fully saturated rings. The van der Waals surface area contributed by atoms with Gasteiger partial charge >= 0.3 is 0 Å². The lowest BCUT2D eigenvalue weighted by Gasteiger charge is -2.28. The second kappa shape index (κ2) is 8.11. The lowest BCUT2D eigenvalue weighted by atomic mass is 9.83. The predicted molar refractivity (Wildman–Crippen MR) is 108 cm³/mol. The monoisotopic (exact) mass is 407 g/mol. The van der Waals surface area contributed by atoms with Crippen molar-refractivity contribution in [3.05, 3.63) is 101 Å². The van der Waals surface area contributed by atoms with E-state index in [0.29, 0.717) is 39.3 Å². The minimum absolute atomic E-state index is 0.0971. The number of carbonyl (C=O) groups excluding carboxylic acids is 1. The lowest BCUT2D eigenvalue weighted by Crippen LogP contribution is -2.16. The number of ether oxygens (including phenoxy) is 1. The SMILES string of the molecule is O=CC1C(c2ccccc2F)=C(c2ccc(CS(=O)[O-])cc2)Oc2ccccc21. The summed E-state index contributed by atoms with van der Waals surface area (Å²) >= 11 is -2.19. The molecule has 6 heteroatoms. The number of rotatable bonds is 5. The van der Waals surface area contributed by atoms with E-state index in [1.54, 1.807) is 66.7 Å². The molecule has 0 saturated carbocycles. The van der Waals surface area contributed by atoms with Crippen LogP contribution in [0.1, 0.15) is 28.2 Å². The van der Waals surface area contributed by atoms with Crippen LogP contribution in [0, 0.1) is 5.82 Å². The van der Waals surface area contributed by atoms with Crippen molar-refractivity contribution in [2.45, 2.75) is 11.7 Å². The molecule has 2 atom stereocenters. The summed E-state index contributed by atoms with van der Waals surface area (Å²) in [7, 11) is 0. The van der Waals surface area contributed by atoms with Gasteiger partial charge < -0.3 is 14.1 Å². The van der Waals surface area contributed by atoms with Gasteiger partial charge in [0.1, 0.15) is 23.6 Å². The molecule has 0 N–H and O–H groups in total. The number of allylic oxidation sites excluding steroid dienone is 1. The Balaban J connectivity index is 1.91. The average Bonchev–Trinajstić information content (AvgIpc) is 2.73. The Labute approximate surface area is 169 Å². The first-order chi connectivity index (χ1) is 14.1. The zero-order valence-electron chi connectivity index (χ0n) is 15.2. The third kappa shape index (κ3) is 3.77. The summed E-state index contributed by atoms with van der Waals surface area (Å²) in [5, 5.41) is 0. The standard InChI is InChI=1S/C23H17FO4S/c24-20-7-3-1-6-18(20)22-19(13-25)17-5-2-4-8-21(17)28-23(22)16-11-9-15(10-12-16)14-29(26)27/h1-13,19H,14H2,(H,26,27)/p-1. The normalized spacial score (nSPS) is 16.7. The number of carbonyl (C=O) groups is 1. The number of para-hydroxylation sites is 1. The van der Waals surface area contributed by atoms with Crippen molar-refractivity contribution >= 4 is 28.7 Å². The molecule has 1 heterocycles. The summed E-state index contributed by atoms with van der Waals surface area (Å²) in [6, 6.07) is 20.2. The van der Waals surface area contributed by atoms with Crippen LogP contribution >= 0.6 is 0 Å². The van der Waals surface area contributed by atoms with Crippen molar-refractivity contribution < 1.29 is 22.7 Å². The van der Waals surface area contributed by atoms with Crippen molar-refractivity contribution in [3.8, 4) is 5.75 Å². The van der Waals surface area contributed by atoms with Gasteiger partial charge in [0, 0.05) is 28.0 Å². The molecular weight excluding hydrogens is 391 g/mol. The second-order valence-corrected chi connectivity index (χ2v) is 7.52. The molecule has 0 aromatic heterocycles. The van der Waals surface area contributed by atoms with Gasteiger partial charge in [-0.3, -0.25) is 4.21 Å². The van der Waals surface area contributed by atoms with E-state index in [1.165, 1.54) is 6.07 Å². The fourth-order valence-electron chi connectivity index (χ4n) is 3.51. The first-order valence-corrected chi connectivity index (χ1v) is 10.2. The number of halogens is 1. The maximum atomic E-state index is 14.7. The molecule has 0 bridgehead atoms. The minimum atomic E-state index is -2.19. The molecule has 1 aliphatic rings. The smallest absolute Gasteiger partial charge is 0.139 e. The van der Waals surface area contributed by atoms with Gasteiger partial charge in [0.05, 0.1) is 5.92 Å². The van der Waals surface area contributed by atoms with E-state index >= 15 is 0 Å². The maximum Gasteiger partial charge on any atom is 0.139 e. The van der Waals surface area contributed by atoms with Gasteiger partial charge in [0.25, 0.3) is 0 Å². The molecule has 2 unspecified atom stereocenters. The Morgan fingerprint density at radius 1 is 1.00 bits per heavy atom. The van der Waals surface area contributed by atoms with Gasteiger partial charge in [-0.05, 0) is 17.7 Å². The zero-order valence-corrected chi connectivity index (χ0v) is 16.0. The lowest BCUT2D eigenvalue weighted by molar-refractivity contribution is -0.108. The molecule has 1 aliphatic heterocycles. The Kier molecular flexibility index (Phi) is 5.38. The van der Waals surface area contributed by atoms with Crippen molar-refractivity contribution in [2.75, 3.05) is 0 Å². The molecule has 29 heavy (non-hydrogen) atoms. The van der Waals surface area contributed by atoms with Crippen molar-refractivity contribution in [3.63, 3.8) is 0 Å². The Morgan fingerprint density at radius 2 is 1.69 bits per heavy atom. The molecule has 0 radical (unpaired) electrons. The van der Waals surface area contributed by atoms with Gasteiger partial charge in [-0.25, -0.2) is 4.39 Å². The van der Waals surface area contributed by atoms with E-state index < -0.39 is 22.8 Å². The van der Waals surface area contributed by atoms with Crippen LogP contribution in [0.25, 0.3) is 11.3 Å². The summed E-state index contributed by atoms with van der Waals surface area (Å²) in [5.74, 6) is -0.334. The molecule has 3 aromatic rings. The maximum absolute atomic E-state index is 14.7. The van der Waals surface area contributed by atoms with Crippen LogP contribution in [-0.4, -0.2) is 15.0 Å². The topological polar surface area (TPSA) is 66.4 Å². The number of fused-ring (bicyclic) bond motifs is 1. The summed E-state index contributed by atoms with van der Waals surface area (Å²) in [6.07, 6.45) is 0.790. The average molecular weight is 407 g/mol. The first-order valence-electron chi connectivity index (χ1n) is 8.95. The quantitative estimate of drug-likeness (QED) is 0.463. The van der Waals surface area contributed by atoms with E-state index in [-0.39, 0.29) is 5.75 Å². The molecule has 0 amide bonds. The van der Waals surface area contributed by atoms with Crippen molar-refractivity contribution in [1.82, 2.24) is 0 Å². The summed E-state index contributed by atoms with van der Waals surface area (Å²) in [4.78, 5) is 12.1. The molecule has 0 spiro atoms. The fourth-order valence-corrected chi connectivity index (χ4v) is 3.97. The van der Waals surface area contributed by atoms with Crippen molar-refractivity contribution in [2.24, 2.45) is 0 Å². The van der Waals surface area contributed by atoms with Crippen LogP contribution in [0.5, 0.6) is 5.75 Å². The summed E-state index contributed by atoms with van der Waals surface area (Å²) in [6.45, 7) is 0. The first kappa shape index (κ1) is 19.2. The number of benzene rings is 3. The fraction of sp³-hybridized carbons (Fsp3) is 0.0870. The highest BCUT2D eigenvalue weighted by molar-refractivity contribution is 7.78. The largest absolute Gasteiger partial charge is 0.772 e. The third-order valence-corrected chi connectivity index (χ3v) is 5.39. The van der Waals surface area contributed by atoms with E-state index in [0.717, 1.165) is 6.29 Å². The van der Waals surface area contributed by atoms with E-state index in [2.05, 4.69) is 0 Å². The molecule has 3 aromatic carbocycles. The molecular formula is C23H16FO4S-. The van der Waals surface area contributed by atoms with Crippen LogP contribution in [0.2, 0.25) is 0 Å².